The van der Waals surface area contributed by atoms with Crippen molar-refractivity contribution in [3.05, 3.63) is 0 Å². The molecule has 0 spiro atoms. The van der Waals surface area contributed by atoms with Gasteiger partial charge in [-0.25, -0.2) is 0 Å². The van der Waals surface area contributed by atoms with E-state index in [1.165, 1.54) is 19.3 Å². The standard InChI is InChI=1S/C17H30N2O2/c1-11-12(2)21-13(3)16(11)17(20)19-9-5-6-14(10-19)15-7-4-8-18-15/h11-16,18H,4-10H2,1-3H3. The van der Waals surface area contributed by atoms with Crippen LogP contribution in [0.3, 0.4) is 0 Å². The molecule has 0 aromatic heterocycles. The Morgan fingerprint density at radius 2 is 1.95 bits per heavy atom. The van der Waals surface area contributed by atoms with Crippen LogP contribution < -0.4 is 5.32 Å². The molecule has 3 saturated heterocycles. The number of hydrogen-bond donors (Lipinski definition) is 1. The van der Waals surface area contributed by atoms with E-state index < -0.39 is 0 Å². The smallest absolute Gasteiger partial charge is 0.228 e. The molecule has 0 aliphatic carbocycles. The largest absolute Gasteiger partial charge is 0.374 e. The summed E-state index contributed by atoms with van der Waals surface area (Å²) in [6, 6.07) is 0.634. The fourth-order valence-corrected chi connectivity index (χ4v) is 4.56. The zero-order valence-corrected chi connectivity index (χ0v) is 13.7. The van der Waals surface area contributed by atoms with Gasteiger partial charge in [0.25, 0.3) is 0 Å². The Balaban J connectivity index is 1.64. The van der Waals surface area contributed by atoms with Crippen LogP contribution in [-0.2, 0) is 9.53 Å². The van der Waals surface area contributed by atoms with Gasteiger partial charge >= 0.3 is 0 Å². The molecular weight excluding hydrogens is 264 g/mol. The molecule has 3 rings (SSSR count). The quantitative estimate of drug-likeness (QED) is 0.847. The summed E-state index contributed by atoms with van der Waals surface area (Å²) < 4.78 is 5.86. The maximum Gasteiger partial charge on any atom is 0.228 e. The van der Waals surface area contributed by atoms with Gasteiger partial charge in [-0.05, 0) is 57.9 Å². The number of carbonyl (C=O) groups is 1. The summed E-state index contributed by atoms with van der Waals surface area (Å²) in [5, 5.41) is 3.62. The minimum Gasteiger partial charge on any atom is -0.374 e. The maximum absolute atomic E-state index is 13.0. The van der Waals surface area contributed by atoms with E-state index in [-0.39, 0.29) is 18.1 Å². The molecule has 0 radical (unpaired) electrons. The second kappa shape index (κ2) is 6.25. The highest BCUT2D eigenvalue weighted by molar-refractivity contribution is 5.80. The molecule has 120 valence electrons. The number of likely N-dealkylation sites (tertiary alicyclic amines) is 1. The Hall–Kier alpha value is -0.610. The second-order valence-electron chi connectivity index (χ2n) is 7.32. The summed E-state index contributed by atoms with van der Waals surface area (Å²) >= 11 is 0. The van der Waals surface area contributed by atoms with Gasteiger partial charge in [0, 0.05) is 19.1 Å². The van der Waals surface area contributed by atoms with Crippen molar-refractivity contribution in [3.63, 3.8) is 0 Å². The van der Waals surface area contributed by atoms with E-state index in [9.17, 15) is 4.79 Å². The molecule has 0 aromatic rings. The molecule has 6 unspecified atom stereocenters. The third kappa shape index (κ3) is 2.98. The van der Waals surface area contributed by atoms with E-state index >= 15 is 0 Å². The van der Waals surface area contributed by atoms with Crippen molar-refractivity contribution in [2.24, 2.45) is 17.8 Å². The molecular formula is C17H30N2O2. The Bertz CT molecular complexity index is 381. The first-order valence-corrected chi connectivity index (χ1v) is 8.75. The summed E-state index contributed by atoms with van der Waals surface area (Å²) in [5.41, 5.74) is 0. The molecule has 4 heteroatoms. The predicted octanol–water partition coefficient (Wildman–Crippen LogP) is 2.04. The van der Waals surface area contributed by atoms with Crippen molar-refractivity contribution in [2.75, 3.05) is 19.6 Å². The highest BCUT2D eigenvalue weighted by Crippen LogP contribution is 2.35. The molecule has 3 heterocycles. The van der Waals surface area contributed by atoms with Gasteiger partial charge in [-0.15, -0.1) is 0 Å². The second-order valence-corrected chi connectivity index (χ2v) is 7.32. The van der Waals surface area contributed by atoms with Crippen LogP contribution in [0.15, 0.2) is 0 Å². The highest BCUT2D eigenvalue weighted by atomic mass is 16.5. The molecule has 3 fully saturated rings. The number of rotatable bonds is 2. The first-order valence-electron chi connectivity index (χ1n) is 8.75. The van der Waals surface area contributed by atoms with E-state index in [0.29, 0.717) is 23.8 Å². The summed E-state index contributed by atoms with van der Waals surface area (Å²) in [6.07, 6.45) is 5.25. The molecule has 6 atom stereocenters. The lowest BCUT2D eigenvalue weighted by molar-refractivity contribution is -0.140. The third-order valence-corrected chi connectivity index (χ3v) is 5.96. The molecule has 0 saturated carbocycles. The summed E-state index contributed by atoms with van der Waals surface area (Å²) in [4.78, 5) is 15.1. The number of piperidine rings is 1. The zero-order chi connectivity index (χ0) is 15.0. The minimum absolute atomic E-state index is 0.0512. The van der Waals surface area contributed by atoms with Gasteiger partial charge < -0.3 is 15.0 Å². The SMILES string of the molecule is CC1OC(C)C(C(=O)N2CCCC(C3CCCN3)C2)C1C. The van der Waals surface area contributed by atoms with E-state index in [2.05, 4.69) is 31.0 Å². The van der Waals surface area contributed by atoms with Crippen LogP contribution in [0.1, 0.15) is 46.5 Å². The van der Waals surface area contributed by atoms with Gasteiger partial charge in [0.05, 0.1) is 18.1 Å². The van der Waals surface area contributed by atoms with E-state index in [1.807, 2.05) is 0 Å². The van der Waals surface area contributed by atoms with Crippen LogP contribution >= 0.6 is 0 Å². The van der Waals surface area contributed by atoms with Crippen molar-refractivity contribution in [1.29, 1.82) is 0 Å². The van der Waals surface area contributed by atoms with Crippen molar-refractivity contribution >= 4 is 5.91 Å². The third-order valence-electron chi connectivity index (χ3n) is 5.96. The molecule has 3 aliphatic rings. The van der Waals surface area contributed by atoms with Crippen LogP contribution in [0.5, 0.6) is 0 Å². The van der Waals surface area contributed by atoms with Crippen molar-refractivity contribution < 1.29 is 9.53 Å². The minimum atomic E-state index is 0.0512. The molecule has 3 aliphatic heterocycles. The lowest BCUT2D eigenvalue weighted by Crippen LogP contribution is -2.49. The lowest BCUT2D eigenvalue weighted by atomic mass is 9.85. The fraction of sp³-hybridized carbons (Fsp3) is 0.941. The average Bonchev–Trinajstić information content (AvgIpc) is 3.08. The van der Waals surface area contributed by atoms with Gasteiger partial charge in [0.15, 0.2) is 0 Å². The van der Waals surface area contributed by atoms with Gasteiger partial charge in [0.1, 0.15) is 0 Å². The van der Waals surface area contributed by atoms with Gasteiger partial charge in [-0.2, -0.15) is 0 Å². The van der Waals surface area contributed by atoms with E-state index in [4.69, 9.17) is 4.74 Å². The number of hydrogen-bond acceptors (Lipinski definition) is 3. The van der Waals surface area contributed by atoms with Crippen LogP contribution in [-0.4, -0.2) is 48.7 Å². The number of carbonyl (C=O) groups excluding carboxylic acids is 1. The van der Waals surface area contributed by atoms with Gasteiger partial charge in [-0.3, -0.25) is 4.79 Å². The maximum atomic E-state index is 13.0. The Morgan fingerprint density at radius 1 is 1.14 bits per heavy atom. The van der Waals surface area contributed by atoms with E-state index in [0.717, 1.165) is 26.1 Å². The van der Waals surface area contributed by atoms with Crippen molar-refractivity contribution in [1.82, 2.24) is 10.2 Å². The molecule has 1 N–H and O–H groups in total. The number of ether oxygens (including phenoxy) is 1. The van der Waals surface area contributed by atoms with Crippen molar-refractivity contribution in [3.8, 4) is 0 Å². The molecule has 4 nitrogen and oxygen atoms in total. The van der Waals surface area contributed by atoms with Crippen molar-refractivity contribution in [2.45, 2.75) is 64.7 Å². The van der Waals surface area contributed by atoms with Gasteiger partial charge in [0.2, 0.25) is 5.91 Å². The predicted molar refractivity (Wildman–Crippen MR) is 83.0 cm³/mol. The van der Waals surface area contributed by atoms with Crippen LogP contribution in [0.4, 0.5) is 0 Å². The monoisotopic (exact) mass is 294 g/mol. The van der Waals surface area contributed by atoms with Crippen LogP contribution in [0.25, 0.3) is 0 Å². The Morgan fingerprint density at radius 3 is 2.57 bits per heavy atom. The molecule has 21 heavy (non-hydrogen) atoms. The highest BCUT2D eigenvalue weighted by Gasteiger charge is 2.44. The summed E-state index contributed by atoms with van der Waals surface area (Å²) in [5.74, 6) is 1.37. The summed E-state index contributed by atoms with van der Waals surface area (Å²) in [6.45, 7) is 9.35. The zero-order valence-electron chi connectivity index (χ0n) is 13.7. The number of nitrogens with one attached hydrogen (secondary N) is 1. The molecule has 0 aromatic carbocycles. The number of nitrogens with zero attached hydrogens (tertiary/aromatic N) is 1. The lowest BCUT2D eigenvalue weighted by Gasteiger charge is -2.38. The summed E-state index contributed by atoms with van der Waals surface area (Å²) in [7, 11) is 0. The first-order chi connectivity index (χ1) is 10.1. The molecule has 1 amide bonds. The van der Waals surface area contributed by atoms with E-state index in [1.54, 1.807) is 0 Å². The van der Waals surface area contributed by atoms with Crippen LogP contribution in [0, 0.1) is 17.8 Å². The van der Waals surface area contributed by atoms with Gasteiger partial charge in [-0.1, -0.05) is 6.92 Å². The topological polar surface area (TPSA) is 41.6 Å². The first kappa shape index (κ1) is 15.3. The molecule has 0 bridgehead atoms. The van der Waals surface area contributed by atoms with Crippen LogP contribution in [0.2, 0.25) is 0 Å². The Labute approximate surface area is 128 Å². The normalized spacial score (nSPS) is 44.2. The Kier molecular flexibility index (Phi) is 4.55. The average molecular weight is 294 g/mol. The fourth-order valence-electron chi connectivity index (χ4n) is 4.56. The number of amides is 1.